The molecule has 0 radical (unpaired) electrons. The summed E-state index contributed by atoms with van der Waals surface area (Å²) in [5.74, 6) is 0. The highest BCUT2D eigenvalue weighted by molar-refractivity contribution is 5.34. The van der Waals surface area contributed by atoms with Crippen LogP contribution in [0.4, 0.5) is 0 Å². The highest BCUT2D eigenvalue weighted by atomic mass is 15.3. The van der Waals surface area contributed by atoms with Gasteiger partial charge in [-0.3, -0.25) is 4.68 Å². The van der Waals surface area contributed by atoms with E-state index in [9.17, 15) is 0 Å². The van der Waals surface area contributed by atoms with Crippen molar-refractivity contribution in [3.05, 3.63) is 52.8 Å². The average Bonchev–Trinajstić information content (AvgIpc) is 2.62. The summed E-state index contributed by atoms with van der Waals surface area (Å²) in [5, 5.41) is 7.75. The number of aryl methyl sites for hydroxylation is 3. The summed E-state index contributed by atoms with van der Waals surface area (Å²) >= 11 is 0. The van der Waals surface area contributed by atoms with E-state index in [0.717, 1.165) is 5.69 Å². The summed E-state index contributed by atoms with van der Waals surface area (Å²) in [7, 11) is 3.94. The third-order valence-electron chi connectivity index (χ3n) is 3.06. The summed E-state index contributed by atoms with van der Waals surface area (Å²) in [5.41, 5.74) is 4.87. The first-order valence-electron chi connectivity index (χ1n) is 5.86. The molecule has 0 spiro atoms. The Kier molecular flexibility index (Phi) is 3.29. The van der Waals surface area contributed by atoms with Crippen molar-refractivity contribution in [1.29, 1.82) is 0 Å². The summed E-state index contributed by atoms with van der Waals surface area (Å²) in [6.07, 6.45) is 2.08. The first kappa shape index (κ1) is 11.9. The Balaban J connectivity index is 2.39. The quantitative estimate of drug-likeness (QED) is 0.875. The summed E-state index contributed by atoms with van der Waals surface area (Å²) in [4.78, 5) is 0. The molecule has 1 N–H and O–H groups in total. The van der Waals surface area contributed by atoms with Crippen LogP contribution in [0.1, 0.15) is 28.4 Å². The van der Waals surface area contributed by atoms with Crippen LogP contribution < -0.4 is 5.32 Å². The molecule has 1 aromatic heterocycles. The maximum absolute atomic E-state index is 4.40. The van der Waals surface area contributed by atoms with Crippen LogP contribution in [0.3, 0.4) is 0 Å². The van der Waals surface area contributed by atoms with E-state index in [0.29, 0.717) is 0 Å². The molecule has 2 rings (SSSR count). The fourth-order valence-corrected chi connectivity index (χ4v) is 2.16. The van der Waals surface area contributed by atoms with E-state index in [2.05, 4.69) is 47.8 Å². The van der Waals surface area contributed by atoms with Gasteiger partial charge in [-0.25, -0.2) is 0 Å². The predicted molar refractivity (Wildman–Crippen MR) is 70.0 cm³/mol. The molecule has 0 aliphatic heterocycles. The van der Waals surface area contributed by atoms with Crippen molar-refractivity contribution < 1.29 is 0 Å². The lowest BCUT2D eigenvalue weighted by molar-refractivity contribution is 0.686. The smallest absolute Gasteiger partial charge is 0.0644 e. The summed E-state index contributed by atoms with van der Waals surface area (Å²) in [6.45, 7) is 4.15. The van der Waals surface area contributed by atoms with Gasteiger partial charge in [-0.05, 0) is 26.5 Å². The number of rotatable bonds is 3. The van der Waals surface area contributed by atoms with Crippen molar-refractivity contribution in [2.75, 3.05) is 7.05 Å². The van der Waals surface area contributed by atoms with Crippen molar-refractivity contribution in [2.24, 2.45) is 7.05 Å². The highest BCUT2D eigenvalue weighted by Crippen LogP contribution is 2.23. The van der Waals surface area contributed by atoms with Gasteiger partial charge < -0.3 is 5.32 Å². The number of nitrogens with one attached hydrogen (secondary N) is 1. The lowest BCUT2D eigenvalue weighted by Crippen LogP contribution is -2.18. The molecule has 1 unspecified atom stereocenters. The third kappa shape index (κ3) is 2.39. The van der Waals surface area contributed by atoms with Crippen LogP contribution in [0, 0.1) is 13.8 Å². The SMILES string of the molecule is CNC(c1ccc(C)cc1)c1cn(C)nc1C. The van der Waals surface area contributed by atoms with Crippen LogP contribution in [0.2, 0.25) is 0 Å². The van der Waals surface area contributed by atoms with Crippen LogP contribution in [0.25, 0.3) is 0 Å². The van der Waals surface area contributed by atoms with Crippen molar-refractivity contribution in [3.63, 3.8) is 0 Å². The number of hydrogen-bond donors (Lipinski definition) is 1. The van der Waals surface area contributed by atoms with E-state index in [-0.39, 0.29) is 6.04 Å². The molecule has 1 atom stereocenters. The number of hydrogen-bond acceptors (Lipinski definition) is 2. The minimum Gasteiger partial charge on any atom is -0.309 e. The second-order valence-corrected chi connectivity index (χ2v) is 4.48. The van der Waals surface area contributed by atoms with E-state index in [1.165, 1.54) is 16.7 Å². The minimum atomic E-state index is 0.212. The molecule has 0 aliphatic rings. The van der Waals surface area contributed by atoms with E-state index < -0.39 is 0 Å². The Bertz CT molecular complexity index is 497. The average molecular weight is 229 g/mol. The van der Waals surface area contributed by atoms with Gasteiger partial charge in [-0.15, -0.1) is 0 Å². The fraction of sp³-hybridized carbons (Fsp3) is 0.357. The Morgan fingerprint density at radius 3 is 2.29 bits per heavy atom. The molecule has 1 aromatic carbocycles. The molecule has 90 valence electrons. The van der Waals surface area contributed by atoms with E-state index >= 15 is 0 Å². The van der Waals surface area contributed by atoms with Gasteiger partial charge in [0, 0.05) is 18.8 Å². The zero-order valence-corrected chi connectivity index (χ0v) is 10.9. The number of benzene rings is 1. The van der Waals surface area contributed by atoms with Crippen LogP contribution in [-0.4, -0.2) is 16.8 Å². The molecule has 0 saturated heterocycles. The van der Waals surface area contributed by atoms with Crippen molar-refractivity contribution in [1.82, 2.24) is 15.1 Å². The van der Waals surface area contributed by atoms with E-state index in [1.807, 2.05) is 25.7 Å². The van der Waals surface area contributed by atoms with Crippen LogP contribution in [0.5, 0.6) is 0 Å². The van der Waals surface area contributed by atoms with Gasteiger partial charge in [0.15, 0.2) is 0 Å². The molecule has 0 saturated carbocycles. The van der Waals surface area contributed by atoms with Crippen molar-refractivity contribution >= 4 is 0 Å². The zero-order valence-electron chi connectivity index (χ0n) is 10.9. The van der Waals surface area contributed by atoms with Crippen molar-refractivity contribution in [3.8, 4) is 0 Å². The Morgan fingerprint density at radius 1 is 1.18 bits per heavy atom. The summed E-state index contributed by atoms with van der Waals surface area (Å²) in [6, 6.07) is 8.84. The molecule has 0 aliphatic carbocycles. The number of aromatic nitrogens is 2. The van der Waals surface area contributed by atoms with E-state index in [4.69, 9.17) is 0 Å². The van der Waals surface area contributed by atoms with Gasteiger partial charge in [0.2, 0.25) is 0 Å². The maximum Gasteiger partial charge on any atom is 0.0644 e. The van der Waals surface area contributed by atoms with Gasteiger partial charge >= 0.3 is 0 Å². The topological polar surface area (TPSA) is 29.9 Å². The van der Waals surface area contributed by atoms with Crippen molar-refractivity contribution in [2.45, 2.75) is 19.9 Å². The lowest BCUT2D eigenvalue weighted by Gasteiger charge is -2.16. The first-order chi connectivity index (χ1) is 8.11. The van der Waals surface area contributed by atoms with Gasteiger partial charge in [-0.1, -0.05) is 29.8 Å². The predicted octanol–water partition coefficient (Wildman–Crippen LogP) is 2.35. The highest BCUT2D eigenvalue weighted by Gasteiger charge is 2.16. The Labute approximate surface area is 102 Å². The van der Waals surface area contributed by atoms with Gasteiger partial charge in [0.05, 0.1) is 11.7 Å². The number of nitrogens with zero attached hydrogens (tertiary/aromatic N) is 2. The molecule has 1 heterocycles. The van der Waals surface area contributed by atoms with Gasteiger partial charge in [0.1, 0.15) is 0 Å². The molecular formula is C14H19N3. The molecule has 3 heteroatoms. The van der Waals surface area contributed by atoms with Crippen LogP contribution in [-0.2, 0) is 7.05 Å². The third-order valence-corrected chi connectivity index (χ3v) is 3.06. The molecule has 0 bridgehead atoms. The fourth-order valence-electron chi connectivity index (χ4n) is 2.16. The lowest BCUT2D eigenvalue weighted by atomic mass is 9.99. The Morgan fingerprint density at radius 2 is 1.82 bits per heavy atom. The molecule has 17 heavy (non-hydrogen) atoms. The monoisotopic (exact) mass is 229 g/mol. The molecule has 0 fully saturated rings. The molecule has 2 aromatic rings. The largest absolute Gasteiger partial charge is 0.309 e. The second kappa shape index (κ2) is 4.72. The normalized spacial score (nSPS) is 12.7. The van der Waals surface area contributed by atoms with Crippen LogP contribution >= 0.6 is 0 Å². The molecule has 0 amide bonds. The summed E-state index contributed by atoms with van der Waals surface area (Å²) < 4.78 is 1.86. The standard InChI is InChI=1S/C14H19N3/c1-10-5-7-12(8-6-10)14(15-3)13-9-17(4)16-11(13)2/h5-9,14-15H,1-4H3. The first-order valence-corrected chi connectivity index (χ1v) is 5.86. The zero-order chi connectivity index (χ0) is 12.4. The minimum absolute atomic E-state index is 0.212. The molecule has 3 nitrogen and oxygen atoms in total. The Hall–Kier alpha value is -1.61. The van der Waals surface area contributed by atoms with Gasteiger partial charge in [-0.2, -0.15) is 5.10 Å². The van der Waals surface area contributed by atoms with E-state index in [1.54, 1.807) is 0 Å². The second-order valence-electron chi connectivity index (χ2n) is 4.48. The van der Waals surface area contributed by atoms with Crippen LogP contribution in [0.15, 0.2) is 30.5 Å². The van der Waals surface area contributed by atoms with Gasteiger partial charge in [0.25, 0.3) is 0 Å². The maximum atomic E-state index is 4.40. The molecular weight excluding hydrogens is 210 g/mol.